The first-order valence-electron chi connectivity index (χ1n) is 10.3. The van der Waals surface area contributed by atoms with Gasteiger partial charge in [0.05, 0.1) is 43.2 Å². The van der Waals surface area contributed by atoms with Crippen molar-refractivity contribution in [1.29, 1.82) is 0 Å². The maximum Gasteiger partial charge on any atom is 0.471 e. The Morgan fingerprint density at radius 3 is 1.85 bits per heavy atom. The lowest BCUT2D eigenvalue weighted by Gasteiger charge is -2.28. The first-order valence-corrected chi connectivity index (χ1v) is 10.3. The number of halogens is 3. The molecule has 1 N–H and O–H groups in total. The summed E-state index contributed by atoms with van der Waals surface area (Å²) in [5, 5.41) is 1.68. The number of fused-ring (bicyclic) bond motifs is 1. The van der Waals surface area contributed by atoms with Crippen molar-refractivity contribution in [3.8, 4) is 11.1 Å². The maximum absolute atomic E-state index is 13.0. The molecular weight excluding hydrogens is 445 g/mol. The van der Waals surface area contributed by atoms with Crippen LogP contribution < -0.4 is 10.2 Å². The zero-order chi connectivity index (χ0) is 24.2. The van der Waals surface area contributed by atoms with E-state index in [1.807, 2.05) is 4.90 Å². The van der Waals surface area contributed by atoms with Crippen LogP contribution in [0.15, 0.2) is 24.3 Å². The third-order valence-corrected chi connectivity index (χ3v) is 5.00. The molecule has 3 rings (SSSR count). The minimum atomic E-state index is -5.24. The van der Waals surface area contributed by atoms with Crippen LogP contribution in [0, 0.1) is 0 Å². The van der Waals surface area contributed by atoms with Gasteiger partial charge in [-0.15, -0.1) is 0 Å². The van der Waals surface area contributed by atoms with Crippen LogP contribution in [-0.2, 0) is 19.0 Å². The van der Waals surface area contributed by atoms with E-state index in [0.717, 1.165) is 5.69 Å². The molecule has 1 fully saturated rings. The number of alkyl halides is 3. The number of carbonyl (C=O) groups is 3. The molecule has 8 nitrogen and oxygen atoms in total. The van der Waals surface area contributed by atoms with Gasteiger partial charge in [0.15, 0.2) is 0 Å². The molecule has 0 spiro atoms. The van der Waals surface area contributed by atoms with Crippen molar-refractivity contribution >= 4 is 29.2 Å². The van der Waals surface area contributed by atoms with Gasteiger partial charge < -0.3 is 24.4 Å². The summed E-state index contributed by atoms with van der Waals surface area (Å²) in [5.74, 6) is -4.28. The average Bonchev–Trinajstić information content (AvgIpc) is 2.91. The van der Waals surface area contributed by atoms with Gasteiger partial charge in [0.1, 0.15) is 0 Å². The molecule has 1 saturated heterocycles. The Balaban J connectivity index is 2.25. The van der Waals surface area contributed by atoms with Gasteiger partial charge in [-0.3, -0.25) is 4.79 Å². The topological polar surface area (TPSA) is 94.2 Å². The number of hydrogen-bond donors (Lipinski definition) is 1. The molecule has 2 aliphatic carbocycles. The third-order valence-electron chi connectivity index (χ3n) is 5.00. The monoisotopic (exact) mass is 468 g/mol. The van der Waals surface area contributed by atoms with Gasteiger partial charge in [0, 0.05) is 18.8 Å². The number of anilines is 2. The van der Waals surface area contributed by atoms with Crippen LogP contribution in [0.3, 0.4) is 0 Å². The number of nitrogens with zero attached hydrogens (tertiary/aromatic N) is 1. The smallest absolute Gasteiger partial charge is 0.462 e. The molecule has 1 aliphatic heterocycles. The number of amides is 1. The molecule has 0 aromatic rings. The van der Waals surface area contributed by atoms with Crippen molar-refractivity contribution in [2.75, 3.05) is 49.7 Å². The van der Waals surface area contributed by atoms with Crippen LogP contribution in [0.4, 0.5) is 24.5 Å². The first kappa shape index (κ1) is 24.3. The van der Waals surface area contributed by atoms with E-state index in [1.54, 1.807) is 17.4 Å². The summed E-state index contributed by atoms with van der Waals surface area (Å²) in [5.41, 5.74) is -0.237. The second kappa shape index (κ2) is 10.1. The van der Waals surface area contributed by atoms with Gasteiger partial charge in [-0.25, -0.2) is 9.59 Å². The molecule has 0 bridgehead atoms. The fraction of sp³-hybridized carbons (Fsp3) is 0.409. The largest absolute Gasteiger partial charge is 0.471 e. The Hall–Kier alpha value is -3.34. The maximum atomic E-state index is 13.0. The number of ether oxygens (including phenoxy) is 3. The van der Waals surface area contributed by atoms with Gasteiger partial charge in [0.2, 0.25) is 0 Å². The van der Waals surface area contributed by atoms with Crippen LogP contribution in [0.5, 0.6) is 0 Å². The molecule has 3 aliphatic rings. The van der Waals surface area contributed by atoms with Crippen molar-refractivity contribution < 1.29 is 41.8 Å². The number of hydrogen-bond acceptors (Lipinski definition) is 7. The van der Waals surface area contributed by atoms with E-state index in [-0.39, 0.29) is 35.5 Å². The highest BCUT2D eigenvalue weighted by Gasteiger charge is 2.42. The van der Waals surface area contributed by atoms with Crippen LogP contribution >= 0.6 is 0 Å². The normalized spacial score (nSPS) is 14.2. The van der Waals surface area contributed by atoms with Crippen LogP contribution in [-0.4, -0.2) is 63.5 Å². The van der Waals surface area contributed by atoms with E-state index in [2.05, 4.69) is 0 Å². The van der Waals surface area contributed by atoms with Gasteiger partial charge in [-0.1, -0.05) is 12.1 Å². The second-order valence-electron chi connectivity index (χ2n) is 7.04. The molecule has 33 heavy (non-hydrogen) atoms. The fourth-order valence-electron chi connectivity index (χ4n) is 3.58. The zero-order valence-electron chi connectivity index (χ0n) is 18.1. The molecule has 11 heteroatoms. The molecule has 178 valence electrons. The molecule has 1 amide bonds. The fourth-order valence-corrected chi connectivity index (χ4v) is 3.58. The lowest BCUT2D eigenvalue weighted by Crippen LogP contribution is -2.35. The molecule has 1 heterocycles. The summed E-state index contributed by atoms with van der Waals surface area (Å²) >= 11 is 0. The molecule has 0 unspecified atom stereocenters. The lowest BCUT2D eigenvalue weighted by molar-refractivity contribution is -0.167. The number of nitrogens with one attached hydrogen (secondary N) is 1. The highest BCUT2D eigenvalue weighted by Crippen LogP contribution is 2.42. The van der Waals surface area contributed by atoms with Gasteiger partial charge >= 0.3 is 24.0 Å². The molecule has 0 aromatic carbocycles. The van der Waals surface area contributed by atoms with Crippen LogP contribution in [0.25, 0.3) is 11.1 Å². The number of esters is 2. The highest BCUT2D eigenvalue weighted by atomic mass is 19.4. The van der Waals surface area contributed by atoms with Crippen molar-refractivity contribution in [2.45, 2.75) is 20.0 Å². The number of rotatable bonds is 6. The Morgan fingerprint density at radius 2 is 1.42 bits per heavy atom. The summed E-state index contributed by atoms with van der Waals surface area (Å²) in [4.78, 5) is 39.3. The van der Waals surface area contributed by atoms with E-state index < -0.39 is 29.7 Å². The average molecular weight is 468 g/mol. The summed E-state index contributed by atoms with van der Waals surface area (Å²) in [7, 11) is 0. The standard InChI is InChI=1S/C22H23F3N2O6/c1-3-32-19(28)16-14-7-5-13(27-9-11-31-12-10-27)6-8-15(14)17(20(29)33-4-2)18(16)26-21(30)22(23,24)25/h5-8H,3-4,9-12H2,1-2H3,(H,26,30). The minimum absolute atomic E-state index is 0.0646. The van der Waals surface area contributed by atoms with E-state index in [1.165, 1.54) is 26.0 Å². The third kappa shape index (κ3) is 5.19. The molecular formula is C22H23F3N2O6. The van der Waals surface area contributed by atoms with Crippen LogP contribution in [0.1, 0.15) is 34.6 Å². The molecule has 0 atom stereocenters. The summed E-state index contributed by atoms with van der Waals surface area (Å²) in [6.07, 6.45) is -5.24. The Labute approximate surface area is 187 Å². The van der Waals surface area contributed by atoms with Crippen molar-refractivity contribution in [2.24, 2.45) is 0 Å². The van der Waals surface area contributed by atoms with E-state index >= 15 is 0 Å². The molecule has 0 aromatic heterocycles. The SMILES string of the molecule is CCOC(=O)c1c2ccc(N3CCOCC3)ccc-2c(C(=O)OCC)c1NC(=O)C(F)(F)F. The van der Waals surface area contributed by atoms with Crippen molar-refractivity contribution in [3.05, 3.63) is 35.4 Å². The van der Waals surface area contributed by atoms with Gasteiger partial charge in [-0.2, -0.15) is 13.2 Å². The van der Waals surface area contributed by atoms with Crippen molar-refractivity contribution in [3.63, 3.8) is 0 Å². The quantitative estimate of drug-likeness (QED) is 0.649. The molecule has 0 radical (unpaired) electrons. The Bertz CT molecular complexity index is 962. The van der Waals surface area contributed by atoms with Gasteiger partial charge in [0.25, 0.3) is 0 Å². The summed E-state index contributed by atoms with van der Waals surface area (Å²) in [6, 6.07) is 6.39. The van der Waals surface area contributed by atoms with Crippen molar-refractivity contribution in [1.82, 2.24) is 0 Å². The molecule has 0 saturated carbocycles. The van der Waals surface area contributed by atoms with E-state index in [4.69, 9.17) is 14.2 Å². The van der Waals surface area contributed by atoms with Crippen LogP contribution in [0.2, 0.25) is 0 Å². The predicted octanol–water partition coefficient (Wildman–Crippen LogP) is 3.48. The highest BCUT2D eigenvalue weighted by molar-refractivity contribution is 6.18. The lowest BCUT2D eigenvalue weighted by atomic mass is 10.1. The van der Waals surface area contributed by atoms with Gasteiger partial charge in [-0.05, 0) is 37.1 Å². The second-order valence-corrected chi connectivity index (χ2v) is 7.04. The first-order chi connectivity index (χ1) is 15.7. The van der Waals surface area contributed by atoms with E-state index in [9.17, 15) is 27.6 Å². The number of carbonyl (C=O) groups excluding carboxylic acids is 3. The summed E-state index contributed by atoms with van der Waals surface area (Å²) in [6.45, 7) is 5.22. The van der Waals surface area contributed by atoms with E-state index in [0.29, 0.717) is 26.3 Å². The zero-order valence-corrected chi connectivity index (χ0v) is 18.1. The Kier molecular flexibility index (Phi) is 7.42. The predicted molar refractivity (Wildman–Crippen MR) is 113 cm³/mol. The minimum Gasteiger partial charge on any atom is -0.462 e. The summed E-state index contributed by atoms with van der Waals surface area (Å²) < 4.78 is 54.4. The Morgan fingerprint density at radius 1 is 0.939 bits per heavy atom. The number of morpholine rings is 1.